The van der Waals surface area contributed by atoms with Gasteiger partial charge in [0.15, 0.2) is 0 Å². The average molecular weight is 334 g/mol. The molecule has 2 atom stereocenters. The number of aromatic amines is 1. The second kappa shape index (κ2) is 6.59. The van der Waals surface area contributed by atoms with Gasteiger partial charge < -0.3 is 10.6 Å². The van der Waals surface area contributed by atoms with Crippen molar-refractivity contribution in [3.05, 3.63) is 65.5 Å². The highest BCUT2D eigenvalue weighted by atomic mass is 16.2. The number of aromatic nitrogens is 2. The number of rotatable bonds is 3. The zero-order valence-electron chi connectivity index (χ0n) is 14.3. The first-order chi connectivity index (χ1) is 12.2. The van der Waals surface area contributed by atoms with Crippen LogP contribution in [0.25, 0.3) is 10.8 Å². The van der Waals surface area contributed by atoms with E-state index in [4.69, 9.17) is 0 Å². The number of benzene rings is 2. The van der Waals surface area contributed by atoms with Crippen LogP contribution in [0.4, 0.5) is 4.79 Å². The largest absolute Gasteiger partial charge is 0.335 e. The van der Waals surface area contributed by atoms with Crippen molar-refractivity contribution in [2.45, 2.75) is 38.3 Å². The van der Waals surface area contributed by atoms with Gasteiger partial charge in [-0.3, -0.25) is 5.10 Å². The molecule has 3 N–H and O–H groups in total. The van der Waals surface area contributed by atoms with E-state index in [2.05, 4.69) is 51.2 Å². The number of carbonyl (C=O) groups is 1. The van der Waals surface area contributed by atoms with Crippen LogP contribution in [-0.2, 0) is 12.8 Å². The lowest BCUT2D eigenvalue weighted by atomic mass is 9.94. The molecule has 0 bridgehead atoms. The average Bonchev–Trinajstić information content (AvgIpc) is 3.09. The van der Waals surface area contributed by atoms with E-state index in [9.17, 15) is 4.79 Å². The molecule has 1 heterocycles. The predicted octanol–water partition coefficient (Wildman–Crippen LogP) is 3.48. The summed E-state index contributed by atoms with van der Waals surface area (Å²) in [5, 5.41) is 15.6. The summed E-state index contributed by atoms with van der Waals surface area (Å²) in [7, 11) is 0. The molecule has 128 valence electrons. The predicted molar refractivity (Wildman–Crippen MR) is 98.4 cm³/mol. The maximum atomic E-state index is 12.4. The highest BCUT2D eigenvalue weighted by Crippen LogP contribution is 2.21. The Morgan fingerprint density at radius 2 is 2.08 bits per heavy atom. The van der Waals surface area contributed by atoms with Gasteiger partial charge in [-0.2, -0.15) is 5.10 Å². The zero-order chi connectivity index (χ0) is 17.2. The highest BCUT2D eigenvalue weighted by Gasteiger charge is 2.22. The fourth-order valence-electron chi connectivity index (χ4n) is 3.52. The first kappa shape index (κ1) is 15.7. The fourth-order valence-corrected chi connectivity index (χ4v) is 3.52. The van der Waals surface area contributed by atoms with E-state index in [-0.39, 0.29) is 18.1 Å². The van der Waals surface area contributed by atoms with Crippen LogP contribution in [0, 0.1) is 0 Å². The van der Waals surface area contributed by atoms with Crippen molar-refractivity contribution >= 4 is 16.8 Å². The summed E-state index contributed by atoms with van der Waals surface area (Å²) in [6.07, 6.45) is 4.60. The van der Waals surface area contributed by atoms with Crippen molar-refractivity contribution in [3.8, 4) is 0 Å². The minimum absolute atomic E-state index is 0.0455. The molecule has 4 rings (SSSR count). The summed E-state index contributed by atoms with van der Waals surface area (Å²) in [5.41, 5.74) is 3.51. The number of nitrogens with one attached hydrogen (secondary N) is 3. The molecule has 0 spiro atoms. The third-order valence-corrected chi connectivity index (χ3v) is 4.98. The Bertz CT molecular complexity index is 901. The molecular formula is C20H22N4O. The van der Waals surface area contributed by atoms with Crippen LogP contribution in [0.15, 0.2) is 48.7 Å². The van der Waals surface area contributed by atoms with Gasteiger partial charge in [-0.1, -0.05) is 36.4 Å². The molecule has 5 nitrogen and oxygen atoms in total. The second-order valence-corrected chi connectivity index (χ2v) is 6.76. The van der Waals surface area contributed by atoms with Crippen LogP contribution in [0.2, 0.25) is 0 Å². The zero-order valence-corrected chi connectivity index (χ0v) is 14.3. The maximum Gasteiger partial charge on any atom is 0.315 e. The molecule has 1 aliphatic rings. The molecule has 2 amide bonds. The SMILES string of the molecule is CC(NC(=O)NC1CCc2cn[nH]c2C1)c1ccc2ccccc2c1. The first-order valence-corrected chi connectivity index (χ1v) is 8.76. The summed E-state index contributed by atoms with van der Waals surface area (Å²) >= 11 is 0. The number of hydrogen-bond donors (Lipinski definition) is 3. The van der Waals surface area contributed by atoms with Crippen LogP contribution in [-0.4, -0.2) is 22.3 Å². The maximum absolute atomic E-state index is 12.4. The van der Waals surface area contributed by atoms with Gasteiger partial charge in [-0.05, 0) is 47.7 Å². The van der Waals surface area contributed by atoms with Crippen LogP contribution in [0.5, 0.6) is 0 Å². The van der Waals surface area contributed by atoms with E-state index in [1.807, 2.05) is 25.3 Å². The third kappa shape index (κ3) is 3.36. The molecule has 2 aromatic carbocycles. The molecule has 0 radical (unpaired) electrons. The first-order valence-electron chi connectivity index (χ1n) is 8.76. The quantitative estimate of drug-likeness (QED) is 0.686. The van der Waals surface area contributed by atoms with Gasteiger partial charge in [-0.25, -0.2) is 4.79 Å². The van der Waals surface area contributed by atoms with Crippen molar-refractivity contribution in [2.75, 3.05) is 0 Å². The molecule has 0 fully saturated rings. The Balaban J connectivity index is 1.38. The van der Waals surface area contributed by atoms with Crippen molar-refractivity contribution in [2.24, 2.45) is 0 Å². The lowest BCUT2D eigenvalue weighted by Gasteiger charge is -2.24. The van der Waals surface area contributed by atoms with Crippen molar-refractivity contribution < 1.29 is 4.79 Å². The number of aryl methyl sites for hydroxylation is 1. The molecule has 2 unspecified atom stereocenters. The van der Waals surface area contributed by atoms with Gasteiger partial charge in [0, 0.05) is 18.2 Å². The smallest absolute Gasteiger partial charge is 0.315 e. The lowest BCUT2D eigenvalue weighted by molar-refractivity contribution is 0.232. The topological polar surface area (TPSA) is 69.8 Å². The monoisotopic (exact) mass is 334 g/mol. The molecule has 25 heavy (non-hydrogen) atoms. The summed E-state index contributed by atoms with van der Waals surface area (Å²) < 4.78 is 0. The number of amides is 2. The minimum atomic E-state index is -0.117. The van der Waals surface area contributed by atoms with Gasteiger partial charge in [-0.15, -0.1) is 0 Å². The van der Waals surface area contributed by atoms with Gasteiger partial charge in [0.2, 0.25) is 0 Å². The Morgan fingerprint density at radius 3 is 2.96 bits per heavy atom. The molecule has 0 saturated carbocycles. The van der Waals surface area contributed by atoms with E-state index in [1.54, 1.807) is 0 Å². The number of carbonyl (C=O) groups excluding carboxylic acids is 1. The van der Waals surface area contributed by atoms with Crippen molar-refractivity contribution in [1.29, 1.82) is 0 Å². The molecule has 5 heteroatoms. The number of fused-ring (bicyclic) bond motifs is 2. The van der Waals surface area contributed by atoms with E-state index in [1.165, 1.54) is 16.3 Å². The minimum Gasteiger partial charge on any atom is -0.335 e. The molecule has 1 aromatic heterocycles. The number of urea groups is 1. The van der Waals surface area contributed by atoms with Gasteiger partial charge >= 0.3 is 6.03 Å². The van der Waals surface area contributed by atoms with Crippen LogP contribution in [0.3, 0.4) is 0 Å². The van der Waals surface area contributed by atoms with E-state index in [0.29, 0.717) is 0 Å². The molecular weight excluding hydrogens is 312 g/mol. The Labute approximate surface area is 146 Å². The third-order valence-electron chi connectivity index (χ3n) is 4.98. The van der Waals surface area contributed by atoms with Crippen LogP contribution >= 0.6 is 0 Å². The summed E-state index contributed by atoms with van der Waals surface area (Å²) in [5.74, 6) is 0. The van der Waals surface area contributed by atoms with Crippen LogP contribution in [0.1, 0.15) is 36.2 Å². The van der Waals surface area contributed by atoms with Gasteiger partial charge in [0.25, 0.3) is 0 Å². The number of hydrogen-bond acceptors (Lipinski definition) is 2. The van der Waals surface area contributed by atoms with E-state index in [0.717, 1.165) is 30.5 Å². The Morgan fingerprint density at radius 1 is 1.24 bits per heavy atom. The second-order valence-electron chi connectivity index (χ2n) is 6.76. The van der Waals surface area contributed by atoms with Gasteiger partial charge in [0.1, 0.15) is 0 Å². The van der Waals surface area contributed by atoms with E-state index >= 15 is 0 Å². The number of H-pyrrole nitrogens is 1. The number of nitrogens with zero attached hydrogens (tertiary/aromatic N) is 1. The fraction of sp³-hybridized carbons (Fsp3) is 0.300. The summed E-state index contributed by atoms with van der Waals surface area (Å²) in [4.78, 5) is 12.4. The Hall–Kier alpha value is -2.82. The summed E-state index contributed by atoms with van der Waals surface area (Å²) in [6.45, 7) is 2.01. The summed E-state index contributed by atoms with van der Waals surface area (Å²) in [6, 6.07) is 14.5. The van der Waals surface area contributed by atoms with Gasteiger partial charge in [0.05, 0.1) is 12.2 Å². The van der Waals surface area contributed by atoms with Crippen molar-refractivity contribution in [3.63, 3.8) is 0 Å². The molecule has 0 saturated heterocycles. The lowest BCUT2D eigenvalue weighted by Crippen LogP contribution is -2.45. The van der Waals surface area contributed by atoms with E-state index < -0.39 is 0 Å². The molecule has 1 aliphatic carbocycles. The standard InChI is InChI=1S/C20H22N4O/c1-13(15-7-6-14-4-2-3-5-16(14)10-15)22-20(25)23-18-9-8-17-12-21-24-19(17)11-18/h2-7,10,12-13,18H,8-9,11H2,1H3,(H,21,24)(H2,22,23,25). The highest BCUT2D eigenvalue weighted by molar-refractivity contribution is 5.83. The molecule has 0 aliphatic heterocycles. The van der Waals surface area contributed by atoms with Crippen molar-refractivity contribution in [1.82, 2.24) is 20.8 Å². The van der Waals surface area contributed by atoms with Crippen LogP contribution < -0.4 is 10.6 Å². The Kier molecular flexibility index (Phi) is 4.14. The normalized spacial score (nSPS) is 17.7. The molecule has 3 aromatic rings.